The Balaban J connectivity index is 2.02. The molecule has 0 bridgehead atoms. The summed E-state index contributed by atoms with van der Waals surface area (Å²) in [5.41, 5.74) is 1.01. The number of rotatable bonds is 6. The second-order valence-electron chi connectivity index (χ2n) is 5.40. The number of likely N-dealkylation sites (N-methyl/N-ethyl adjacent to an activating group) is 1. The first-order chi connectivity index (χ1) is 11.6. The number of ether oxygens (including phenoxy) is 1. The maximum atomic E-state index is 13.9. The van der Waals surface area contributed by atoms with Gasteiger partial charge in [-0.2, -0.15) is 0 Å². The molecule has 0 radical (unpaired) electrons. The lowest BCUT2D eigenvalue weighted by Crippen LogP contribution is -2.17. The Morgan fingerprint density at radius 1 is 1.21 bits per heavy atom. The van der Waals surface area contributed by atoms with E-state index in [0.29, 0.717) is 29.7 Å². The largest absolute Gasteiger partial charge is 0.490 e. The molecule has 24 heavy (non-hydrogen) atoms. The lowest BCUT2D eigenvalue weighted by molar-refractivity contribution is 0.320. The molecule has 2 aromatic carbocycles. The van der Waals surface area contributed by atoms with E-state index in [-0.39, 0.29) is 18.1 Å². The van der Waals surface area contributed by atoms with Gasteiger partial charge in [0.05, 0.1) is 12.1 Å². The molecule has 126 valence electrons. The van der Waals surface area contributed by atoms with Crippen LogP contribution in [0.3, 0.4) is 0 Å². The summed E-state index contributed by atoms with van der Waals surface area (Å²) in [6.45, 7) is 1.06. The Hall–Kier alpha value is -2.67. The third-order valence-corrected chi connectivity index (χ3v) is 3.65. The van der Waals surface area contributed by atoms with E-state index < -0.39 is 11.5 Å². The summed E-state index contributed by atoms with van der Waals surface area (Å²) < 4.78 is 34.1. The van der Waals surface area contributed by atoms with E-state index in [0.717, 1.165) is 0 Å². The zero-order valence-corrected chi connectivity index (χ0v) is 13.1. The van der Waals surface area contributed by atoms with Gasteiger partial charge in [0.2, 0.25) is 0 Å². The average molecular weight is 333 g/mol. The summed E-state index contributed by atoms with van der Waals surface area (Å²) in [4.78, 5) is 14.9. The van der Waals surface area contributed by atoms with Gasteiger partial charge in [-0.3, -0.25) is 4.57 Å². The van der Waals surface area contributed by atoms with E-state index >= 15 is 0 Å². The highest BCUT2D eigenvalue weighted by molar-refractivity contribution is 5.82. The van der Waals surface area contributed by atoms with Gasteiger partial charge in [-0.15, -0.1) is 0 Å². The zero-order valence-electron chi connectivity index (χ0n) is 13.1. The Morgan fingerprint density at radius 3 is 2.79 bits per heavy atom. The normalized spacial score (nSPS) is 11.1. The van der Waals surface area contributed by atoms with Crippen LogP contribution >= 0.6 is 0 Å². The summed E-state index contributed by atoms with van der Waals surface area (Å²) in [7, 11) is 1.78. The molecule has 3 aromatic rings. The standard InChI is InChI=1S/C17H17F2N3O2/c1-20-5-6-24-15-9-13(19)8-14-16(15)21-17(23)22(14)10-11-3-2-4-12(18)7-11/h2-4,7-9,20H,5-6,10H2,1H3,(H,21,23). The zero-order chi connectivity index (χ0) is 17.1. The van der Waals surface area contributed by atoms with Crippen molar-refractivity contribution in [1.82, 2.24) is 14.9 Å². The van der Waals surface area contributed by atoms with Gasteiger partial charge in [-0.25, -0.2) is 13.6 Å². The maximum Gasteiger partial charge on any atom is 0.326 e. The molecule has 5 nitrogen and oxygen atoms in total. The van der Waals surface area contributed by atoms with Crippen molar-refractivity contribution in [3.63, 3.8) is 0 Å². The second kappa shape index (κ2) is 6.84. The van der Waals surface area contributed by atoms with Crippen molar-refractivity contribution in [2.24, 2.45) is 0 Å². The number of benzene rings is 2. The van der Waals surface area contributed by atoms with Crippen molar-refractivity contribution < 1.29 is 13.5 Å². The molecule has 0 atom stereocenters. The minimum Gasteiger partial charge on any atom is -0.490 e. The molecule has 0 unspecified atom stereocenters. The van der Waals surface area contributed by atoms with Crippen LogP contribution in [0.2, 0.25) is 0 Å². The molecule has 0 saturated carbocycles. The van der Waals surface area contributed by atoms with E-state index in [4.69, 9.17) is 4.74 Å². The summed E-state index contributed by atoms with van der Waals surface area (Å²) in [6, 6.07) is 8.44. The van der Waals surface area contributed by atoms with Crippen LogP contribution in [0.15, 0.2) is 41.2 Å². The van der Waals surface area contributed by atoms with Crippen molar-refractivity contribution in [2.45, 2.75) is 6.54 Å². The number of aromatic nitrogens is 2. The number of nitrogens with one attached hydrogen (secondary N) is 2. The highest BCUT2D eigenvalue weighted by Crippen LogP contribution is 2.25. The van der Waals surface area contributed by atoms with Crippen LogP contribution in [0.1, 0.15) is 5.56 Å². The minimum atomic E-state index is -0.506. The van der Waals surface area contributed by atoms with Crippen molar-refractivity contribution in [2.75, 3.05) is 20.2 Å². The predicted molar refractivity (Wildman–Crippen MR) is 87.4 cm³/mol. The van der Waals surface area contributed by atoms with Gasteiger partial charge in [0, 0.05) is 18.7 Å². The molecule has 0 amide bonds. The van der Waals surface area contributed by atoms with Crippen molar-refractivity contribution in [3.8, 4) is 5.75 Å². The summed E-state index contributed by atoms with van der Waals surface area (Å²) in [5, 5.41) is 2.92. The van der Waals surface area contributed by atoms with Crippen LogP contribution < -0.4 is 15.7 Å². The quantitative estimate of drug-likeness (QED) is 0.680. The fourth-order valence-electron chi connectivity index (χ4n) is 2.54. The molecule has 0 aliphatic carbocycles. The topological polar surface area (TPSA) is 59.0 Å². The highest BCUT2D eigenvalue weighted by Gasteiger charge is 2.14. The Labute approximate surface area is 136 Å². The van der Waals surface area contributed by atoms with Crippen molar-refractivity contribution in [3.05, 3.63) is 64.1 Å². The third-order valence-electron chi connectivity index (χ3n) is 3.65. The smallest absolute Gasteiger partial charge is 0.326 e. The van der Waals surface area contributed by atoms with Gasteiger partial charge in [0.25, 0.3) is 0 Å². The Kier molecular flexibility index (Phi) is 4.61. The number of hydrogen-bond donors (Lipinski definition) is 2. The lowest BCUT2D eigenvalue weighted by Gasteiger charge is -2.08. The molecule has 0 spiro atoms. The van der Waals surface area contributed by atoms with Gasteiger partial charge in [0.1, 0.15) is 29.5 Å². The number of fused-ring (bicyclic) bond motifs is 1. The first-order valence-electron chi connectivity index (χ1n) is 7.52. The second-order valence-corrected chi connectivity index (χ2v) is 5.40. The van der Waals surface area contributed by atoms with E-state index in [1.54, 1.807) is 19.2 Å². The molecular weight excluding hydrogens is 316 g/mol. The molecular formula is C17H17F2N3O2. The van der Waals surface area contributed by atoms with Crippen LogP contribution in [0.4, 0.5) is 8.78 Å². The summed E-state index contributed by atoms with van der Waals surface area (Å²) in [5.74, 6) is -0.619. The van der Waals surface area contributed by atoms with E-state index in [2.05, 4.69) is 10.3 Å². The number of imidazole rings is 1. The van der Waals surface area contributed by atoms with Gasteiger partial charge >= 0.3 is 5.69 Å². The van der Waals surface area contributed by atoms with Gasteiger partial charge < -0.3 is 15.0 Å². The first kappa shape index (κ1) is 16.2. The highest BCUT2D eigenvalue weighted by atomic mass is 19.1. The third kappa shape index (κ3) is 3.30. The van der Waals surface area contributed by atoms with E-state index in [9.17, 15) is 13.6 Å². The first-order valence-corrected chi connectivity index (χ1v) is 7.52. The van der Waals surface area contributed by atoms with E-state index in [1.807, 2.05) is 0 Å². The van der Waals surface area contributed by atoms with Crippen LogP contribution in [0.5, 0.6) is 5.75 Å². The fourth-order valence-corrected chi connectivity index (χ4v) is 2.54. The number of aromatic amines is 1. The monoisotopic (exact) mass is 333 g/mol. The van der Waals surface area contributed by atoms with Gasteiger partial charge in [-0.1, -0.05) is 12.1 Å². The van der Waals surface area contributed by atoms with Crippen molar-refractivity contribution in [1.29, 1.82) is 0 Å². The molecule has 1 aromatic heterocycles. The molecule has 0 aliphatic heterocycles. The molecule has 2 N–H and O–H groups in total. The SMILES string of the molecule is CNCCOc1cc(F)cc2c1[nH]c(=O)n2Cc1cccc(F)c1. The Morgan fingerprint density at radius 2 is 2.04 bits per heavy atom. The van der Waals surface area contributed by atoms with Crippen LogP contribution in [0.25, 0.3) is 11.0 Å². The number of H-pyrrole nitrogens is 1. The average Bonchev–Trinajstić information content (AvgIpc) is 2.84. The number of nitrogens with zero attached hydrogens (tertiary/aromatic N) is 1. The molecule has 7 heteroatoms. The van der Waals surface area contributed by atoms with Crippen LogP contribution in [-0.4, -0.2) is 29.8 Å². The molecule has 0 aliphatic rings. The molecule has 3 rings (SSSR count). The molecule has 0 saturated heterocycles. The molecule has 1 heterocycles. The van der Waals surface area contributed by atoms with E-state index in [1.165, 1.54) is 28.8 Å². The predicted octanol–water partition coefficient (Wildman–Crippen LogP) is 2.25. The minimum absolute atomic E-state index is 0.135. The fraction of sp³-hybridized carbons (Fsp3) is 0.235. The van der Waals surface area contributed by atoms with Gasteiger partial charge in [0.15, 0.2) is 0 Å². The van der Waals surface area contributed by atoms with Crippen LogP contribution in [-0.2, 0) is 6.54 Å². The lowest BCUT2D eigenvalue weighted by atomic mass is 10.2. The van der Waals surface area contributed by atoms with Crippen LogP contribution in [0, 0.1) is 11.6 Å². The summed E-state index contributed by atoms with van der Waals surface area (Å²) >= 11 is 0. The van der Waals surface area contributed by atoms with Gasteiger partial charge in [-0.05, 0) is 24.7 Å². The number of halogens is 2. The maximum absolute atomic E-state index is 13.9. The molecule has 0 fully saturated rings. The summed E-state index contributed by atoms with van der Waals surface area (Å²) in [6.07, 6.45) is 0. The Bertz CT molecular complexity index is 918. The van der Waals surface area contributed by atoms with Crippen molar-refractivity contribution >= 4 is 11.0 Å². The number of hydrogen-bond acceptors (Lipinski definition) is 3.